The summed E-state index contributed by atoms with van der Waals surface area (Å²) in [6.07, 6.45) is 0.535. The van der Waals surface area contributed by atoms with Crippen molar-refractivity contribution in [2.75, 3.05) is 31.2 Å². The first kappa shape index (κ1) is 23.4. The van der Waals surface area contributed by atoms with Crippen LogP contribution in [0.1, 0.15) is 27.6 Å². The van der Waals surface area contributed by atoms with Crippen molar-refractivity contribution in [2.45, 2.75) is 33.2 Å². The van der Waals surface area contributed by atoms with Crippen LogP contribution in [0.5, 0.6) is 0 Å². The van der Waals surface area contributed by atoms with Crippen molar-refractivity contribution in [1.82, 2.24) is 20.3 Å². The Kier molecular flexibility index (Phi) is 7.42. The number of aryl methyl sites for hydroxylation is 2. The predicted octanol–water partition coefficient (Wildman–Crippen LogP) is 3.25. The fourth-order valence-corrected chi connectivity index (χ4v) is 4.74. The molecule has 1 fully saturated rings. The van der Waals surface area contributed by atoms with Crippen LogP contribution in [-0.2, 0) is 22.5 Å². The van der Waals surface area contributed by atoms with Gasteiger partial charge in [-0.05, 0) is 32.4 Å². The van der Waals surface area contributed by atoms with E-state index in [0.717, 1.165) is 21.1 Å². The highest BCUT2D eigenvalue weighted by molar-refractivity contribution is 7.12. The molecule has 1 aliphatic heterocycles. The fraction of sp³-hybridized carbons (Fsp3) is 0.391. The second kappa shape index (κ2) is 10.5. The molecule has 8 nitrogen and oxygen atoms in total. The Morgan fingerprint density at radius 3 is 2.64 bits per heavy atom. The van der Waals surface area contributed by atoms with Crippen molar-refractivity contribution in [2.24, 2.45) is 0 Å². The summed E-state index contributed by atoms with van der Waals surface area (Å²) in [5, 5.41) is 4.42. The lowest BCUT2D eigenvalue weighted by Gasteiger charge is -2.27. The van der Waals surface area contributed by atoms with Crippen LogP contribution >= 0.6 is 22.9 Å². The number of morpholine rings is 1. The number of amides is 1. The van der Waals surface area contributed by atoms with Crippen LogP contribution in [0.15, 0.2) is 29.1 Å². The van der Waals surface area contributed by atoms with Crippen molar-refractivity contribution in [1.29, 1.82) is 0 Å². The molecule has 0 bridgehead atoms. The zero-order valence-electron chi connectivity index (χ0n) is 18.6. The second-order valence-corrected chi connectivity index (χ2v) is 9.57. The zero-order valence-corrected chi connectivity index (χ0v) is 20.2. The van der Waals surface area contributed by atoms with Gasteiger partial charge in [-0.1, -0.05) is 23.7 Å². The molecule has 0 unspecified atom stereocenters. The molecule has 1 aliphatic rings. The van der Waals surface area contributed by atoms with Gasteiger partial charge in [-0.2, -0.15) is 0 Å². The summed E-state index contributed by atoms with van der Waals surface area (Å²) >= 11 is 7.52. The highest BCUT2D eigenvalue weighted by atomic mass is 35.5. The maximum Gasteiger partial charge on any atom is 0.255 e. The molecule has 0 aliphatic carbocycles. The molecule has 3 heterocycles. The van der Waals surface area contributed by atoms with Gasteiger partial charge in [0.05, 0.1) is 25.5 Å². The Labute approximate surface area is 201 Å². The average Bonchev–Trinajstić information content (AvgIpc) is 3.18. The number of benzene rings is 1. The Morgan fingerprint density at radius 1 is 1.21 bits per heavy atom. The van der Waals surface area contributed by atoms with E-state index in [4.69, 9.17) is 16.3 Å². The van der Waals surface area contributed by atoms with E-state index in [9.17, 15) is 9.59 Å². The molecule has 3 aromatic rings. The third-order valence-electron chi connectivity index (χ3n) is 5.52. The Hall–Kier alpha value is -2.75. The monoisotopic (exact) mass is 487 g/mol. The van der Waals surface area contributed by atoms with Gasteiger partial charge in [0, 0.05) is 46.2 Å². The van der Waals surface area contributed by atoms with Crippen molar-refractivity contribution >= 4 is 34.8 Å². The molecule has 33 heavy (non-hydrogen) atoms. The van der Waals surface area contributed by atoms with Crippen molar-refractivity contribution in [3.05, 3.63) is 60.8 Å². The summed E-state index contributed by atoms with van der Waals surface area (Å²) in [6, 6.07) is 7.54. The summed E-state index contributed by atoms with van der Waals surface area (Å²) in [6.45, 7) is 6.79. The molecule has 0 atom stereocenters. The molecular formula is C23H26ClN5O3S. The van der Waals surface area contributed by atoms with E-state index in [2.05, 4.69) is 20.3 Å². The molecule has 0 radical (unpaired) electrons. The molecule has 1 aromatic carbocycles. The van der Waals surface area contributed by atoms with Crippen LogP contribution in [0.25, 0.3) is 11.3 Å². The van der Waals surface area contributed by atoms with Gasteiger partial charge in [-0.3, -0.25) is 14.6 Å². The number of hydrogen-bond acceptors (Lipinski definition) is 7. The maximum absolute atomic E-state index is 12.6. The van der Waals surface area contributed by atoms with Crippen molar-refractivity contribution < 1.29 is 9.53 Å². The predicted molar refractivity (Wildman–Crippen MR) is 130 cm³/mol. The number of hydrogen-bond donors (Lipinski definition) is 2. The van der Waals surface area contributed by atoms with Crippen LogP contribution in [-0.4, -0.2) is 47.2 Å². The Morgan fingerprint density at radius 2 is 1.94 bits per heavy atom. The smallest absolute Gasteiger partial charge is 0.255 e. The summed E-state index contributed by atoms with van der Waals surface area (Å²) in [5.74, 6) is 0.427. The quantitative estimate of drug-likeness (QED) is 0.530. The number of carbonyl (C=O) groups excluding carboxylic acids is 1. The van der Waals surface area contributed by atoms with Crippen molar-refractivity contribution in [3.63, 3.8) is 0 Å². The van der Waals surface area contributed by atoms with Gasteiger partial charge in [0.1, 0.15) is 5.01 Å². The van der Waals surface area contributed by atoms with E-state index in [1.807, 2.05) is 43.0 Å². The van der Waals surface area contributed by atoms with Gasteiger partial charge in [-0.15, -0.1) is 11.3 Å². The van der Waals surface area contributed by atoms with Crippen LogP contribution in [0.2, 0.25) is 5.02 Å². The molecular weight excluding hydrogens is 462 g/mol. The number of nitrogens with one attached hydrogen (secondary N) is 2. The number of ether oxygens (including phenoxy) is 1. The first-order valence-corrected chi connectivity index (χ1v) is 12.0. The van der Waals surface area contributed by atoms with Gasteiger partial charge in [0.25, 0.3) is 5.56 Å². The van der Waals surface area contributed by atoms with E-state index < -0.39 is 0 Å². The standard InChI is InChI=1S/C23H26ClN5O3S/c1-14-18(22(31)28-23(26-14)29-9-11-32-12-10-29)7-8-19(30)25-13-20-27-21(15(2)33-20)16-3-5-17(24)6-4-16/h3-6H,7-13H2,1-2H3,(H,25,30)(H,26,28,31). The van der Waals surface area contributed by atoms with E-state index >= 15 is 0 Å². The number of aromatic nitrogens is 3. The lowest BCUT2D eigenvalue weighted by atomic mass is 10.1. The van der Waals surface area contributed by atoms with Crippen LogP contribution in [0, 0.1) is 13.8 Å². The highest BCUT2D eigenvalue weighted by Crippen LogP contribution is 2.28. The molecule has 0 saturated carbocycles. The van der Waals surface area contributed by atoms with Crippen LogP contribution < -0.4 is 15.8 Å². The number of anilines is 1. The van der Waals surface area contributed by atoms with E-state index in [1.165, 1.54) is 0 Å². The van der Waals surface area contributed by atoms with Crippen LogP contribution in [0.4, 0.5) is 5.95 Å². The van der Waals surface area contributed by atoms with E-state index in [0.29, 0.717) is 61.5 Å². The maximum atomic E-state index is 12.6. The Balaban J connectivity index is 1.33. The van der Waals surface area contributed by atoms with Gasteiger partial charge in [0.2, 0.25) is 11.9 Å². The SMILES string of the molecule is Cc1nc(N2CCOCC2)[nH]c(=O)c1CCC(=O)NCc1nc(-c2ccc(Cl)cc2)c(C)s1. The van der Waals surface area contributed by atoms with E-state index in [1.54, 1.807) is 11.3 Å². The first-order valence-electron chi connectivity index (χ1n) is 10.8. The topological polar surface area (TPSA) is 100 Å². The summed E-state index contributed by atoms with van der Waals surface area (Å²) in [4.78, 5) is 40.2. The van der Waals surface area contributed by atoms with Gasteiger partial charge in [0.15, 0.2) is 0 Å². The summed E-state index contributed by atoms with van der Waals surface area (Å²) < 4.78 is 5.35. The minimum atomic E-state index is -0.194. The molecule has 1 amide bonds. The lowest BCUT2D eigenvalue weighted by molar-refractivity contribution is -0.121. The number of halogens is 1. The number of rotatable bonds is 7. The number of aromatic amines is 1. The first-order chi connectivity index (χ1) is 15.9. The molecule has 2 aromatic heterocycles. The number of nitrogens with zero attached hydrogens (tertiary/aromatic N) is 3. The largest absolute Gasteiger partial charge is 0.378 e. The van der Waals surface area contributed by atoms with Gasteiger partial charge in [-0.25, -0.2) is 9.97 Å². The summed E-state index contributed by atoms with van der Waals surface area (Å²) in [7, 11) is 0. The van der Waals surface area contributed by atoms with Crippen molar-refractivity contribution in [3.8, 4) is 11.3 Å². The summed E-state index contributed by atoms with van der Waals surface area (Å²) in [5.41, 5.74) is 2.89. The van der Waals surface area contributed by atoms with Crippen LogP contribution in [0.3, 0.4) is 0 Å². The molecule has 10 heteroatoms. The lowest BCUT2D eigenvalue weighted by Crippen LogP contribution is -2.38. The average molecular weight is 488 g/mol. The highest BCUT2D eigenvalue weighted by Gasteiger charge is 2.17. The molecule has 1 saturated heterocycles. The third-order valence-corrected chi connectivity index (χ3v) is 6.74. The normalized spacial score (nSPS) is 13.8. The number of thiazole rings is 1. The molecule has 4 rings (SSSR count). The fourth-order valence-electron chi connectivity index (χ4n) is 3.72. The van der Waals surface area contributed by atoms with Gasteiger partial charge < -0.3 is 15.0 Å². The number of H-pyrrole nitrogens is 1. The third kappa shape index (κ3) is 5.79. The second-order valence-electron chi connectivity index (χ2n) is 7.85. The Bertz CT molecular complexity index is 1190. The minimum absolute atomic E-state index is 0.132. The zero-order chi connectivity index (χ0) is 23.4. The minimum Gasteiger partial charge on any atom is -0.378 e. The van der Waals surface area contributed by atoms with E-state index in [-0.39, 0.29) is 17.9 Å². The molecule has 2 N–H and O–H groups in total. The molecule has 0 spiro atoms. The molecule has 174 valence electrons. The number of carbonyl (C=O) groups is 1. The van der Waals surface area contributed by atoms with Gasteiger partial charge >= 0.3 is 0 Å².